The SMILES string of the molecule is COC(=O)c1cc2c([nH]c3ccc([N+](=O)[O-])cc32)c(-c2ccccc2)n1. The number of fused-ring (bicyclic) bond motifs is 3. The number of benzene rings is 2. The predicted molar refractivity (Wildman–Crippen MR) is 97.0 cm³/mol. The second-order valence-electron chi connectivity index (χ2n) is 5.75. The number of pyridine rings is 1. The molecule has 4 rings (SSSR count). The molecule has 0 saturated carbocycles. The average Bonchev–Trinajstić information content (AvgIpc) is 3.05. The number of nitrogens with one attached hydrogen (secondary N) is 1. The summed E-state index contributed by atoms with van der Waals surface area (Å²) in [4.78, 5) is 30.5. The summed E-state index contributed by atoms with van der Waals surface area (Å²) in [5.41, 5.74) is 2.97. The summed E-state index contributed by atoms with van der Waals surface area (Å²) < 4.78 is 4.81. The zero-order chi connectivity index (χ0) is 18.3. The zero-order valence-electron chi connectivity index (χ0n) is 13.7. The number of non-ortho nitro benzene ring substituents is 1. The number of rotatable bonds is 3. The van der Waals surface area contributed by atoms with E-state index in [0.717, 1.165) is 11.1 Å². The van der Waals surface area contributed by atoms with Gasteiger partial charge in [0.05, 0.1) is 23.2 Å². The number of hydrogen-bond donors (Lipinski definition) is 1. The lowest BCUT2D eigenvalue weighted by atomic mass is 10.1. The lowest BCUT2D eigenvalue weighted by Crippen LogP contribution is -2.05. The number of nitro groups is 1. The molecule has 0 aliphatic carbocycles. The summed E-state index contributed by atoms with van der Waals surface area (Å²) in [7, 11) is 1.29. The molecule has 7 nitrogen and oxygen atoms in total. The van der Waals surface area contributed by atoms with Gasteiger partial charge in [0.2, 0.25) is 0 Å². The second kappa shape index (κ2) is 5.96. The lowest BCUT2D eigenvalue weighted by molar-refractivity contribution is -0.384. The van der Waals surface area contributed by atoms with Gasteiger partial charge >= 0.3 is 5.97 Å². The van der Waals surface area contributed by atoms with E-state index in [1.807, 2.05) is 30.3 Å². The summed E-state index contributed by atoms with van der Waals surface area (Å²) in [6, 6.07) is 15.6. The highest BCUT2D eigenvalue weighted by Crippen LogP contribution is 2.34. The van der Waals surface area contributed by atoms with E-state index in [1.54, 1.807) is 12.1 Å². The molecule has 1 N–H and O–H groups in total. The monoisotopic (exact) mass is 347 g/mol. The molecule has 26 heavy (non-hydrogen) atoms. The number of aromatic amines is 1. The van der Waals surface area contributed by atoms with Crippen LogP contribution in [0.3, 0.4) is 0 Å². The minimum absolute atomic E-state index is 0.0175. The number of aromatic nitrogens is 2. The molecule has 2 heterocycles. The van der Waals surface area contributed by atoms with E-state index in [4.69, 9.17) is 4.74 Å². The van der Waals surface area contributed by atoms with Gasteiger partial charge in [0, 0.05) is 34.0 Å². The number of esters is 1. The first kappa shape index (κ1) is 15.8. The maximum atomic E-state index is 12.1. The summed E-state index contributed by atoms with van der Waals surface area (Å²) >= 11 is 0. The molecule has 0 unspecified atom stereocenters. The summed E-state index contributed by atoms with van der Waals surface area (Å²) in [5.74, 6) is -0.566. The molecular formula is C19H13N3O4. The van der Waals surface area contributed by atoms with Gasteiger partial charge in [0.25, 0.3) is 5.69 Å². The maximum absolute atomic E-state index is 12.1. The first-order chi connectivity index (χ1) is 12.6. The Morgan fingerprint density at radius 1 is 1.12 bits per heavy atom. The van der Waals surface area contributed by atoms with Gasteiger partial charge in [-0.05, 0) is 12.1 Å². The molecule has 0 radical (unpaired) electrons. The number of carbonyl (C=O) groups excluding carboxylic acids is 1. The van der Waals surface area contributed by atoms with Crippen molar-refractivity contribution in [2.75, 3.05) is 7.11 Å². The van der Waals surface area contributed by atoms with Crippen molar-refractivity contribution >= 4 is 33.5 Å². The molecule has 0 aliphatic rings. The average molecular weight is 347 g/mol. The fraction of sp³-hybridized carbons (Fsp3) is 0.0526. The molecule has 0 bridgehead atoms. The van der Waals surface area contributed by atoms with Gasteiger partial charge < -0.3 is 9.72 Å². The second-order valence-corrected chi connectivity index (χ2v) is 5.75. The van der Waals surface area contributed by atoms with E-state index < -0.39 is 10.9 Å². The number of methoxy groups -OCH3 is 1. The van der Waals surface area contributed by atoms with E-state index >= 15 is 0 Å². The van der Waals surface area contributed by atoms with E-state index in [2.05, 4.69) is 9.97 Å². The molecule has 2 aromatic carbocycles. The van der Waals surface area contributed by atoms with E-state index in [9.17, 15) is 14.9 Å². The van der Waals surface area contributed by atoms with Crippen LogP contribution in [0.2, 0.25) is 0 Å². The molecule has 128 valence electrons. The predicted octanol–water partition coefficient (Wildman–Crippen LogP) is 4.08. The van der Waals surface area contributed by atoms with Crippen molar-refractivity contribution in [3.63, 3.8) is 0 Å². The number of hydrogen-bond acceptors (Lipinski definition) is 5. The Hall–Kier alpha value is -3.74. The Bertz CT molecular complexity index is 1170. The third kappa shape index (κ3) is 2.46. The molecular weight excluding hydrogens is 334 g/mol. The van der Waals surface area contributed by atoms with Gasteiger partial charge in [-0.3, -0.25) is 10.1 Å². The minimum Gasteiger partial charge on any atom is -0.464 e. The Kier molecular flexibility index (Phi) is 3.62. The van der Waals surface area contributed by atoms with Crippen molar-refractivity contribution in [1.82, 2.24) is 9.97 Å². The molecule has 4 aromatic rings. The van der Waals surface area contributed by atoms with Crippen molar-refractivity contribution < 1.29 is 14.5 Å². The number of nitrogens with zero attached hydrogens (tertiary/aromatic N) is 2. The third-order valence-corrected chi connectivity index (χ3v) is 4.23. The van der Waals surface area contributed by atoms with E-state index in [1.165, 1.54) is 19.2 Å². The standard InChI is InChI=1S/C19H13N3O4/c1-26-19(23)16-10-14-13-9-12(22(24)25)7-8-15(13)20-18(14)17(21-16)11-5-3-2-4-6-11/h2-10,20H,1H3. The molecule has 0 amide bonds. The van der Waals surface area contributed by atoms with Crippen molar-refractivity contribution in [3.05, 3.63) is 70.4 Å². The summed E-state index contributed by atoms with van der Waals surface area (Å²) in [6.45, 7) is 0. The topological polar surface area (TPSA) is 98.1 Å². The molecule has 7 heteroatoms. The smallest absolute Gasteiger partial charge is 0.356 e. The van der Waals surface area contributed by atoms with Gasteiger partial charge in [0.1, 0.15) is 5.69 Å². The highest BCUT2D eigenvalue weighted by atomic mass is 16.6. The van der Waals surface area contributed by atoms with E-state index in [-0.39, 0.29) is 11.4 Å². The van der Waals surface area contributed by atoms with Crippen LogP contribution in [0.4, 0.5) is 5.69 Å². The van der Waals surface area contributed by atoms with Gasteiger partial charge in [-0.15, -0.1) is 0 Å². The number of H-pyrrole nitrogens is 1. The van der Waals surface area contributed by atoms with Crippen LogP contribution < -0.4 is 0 Å². The van der Waals surface area contributed by atoms with Crippen LogP contribution in [0.25, 0.3) is 33.1 Å². The van der Waals surface area contributed by atoms with Crippen LogP contribution in [0.5, 0.6) is 0 Å². The van der Waals surface area contributed by atoms with Crippen LogP contribution in [0.1, 0.15) is 10.5 Å². The zero-order valence-corrected chi connectivity index (χ0v) is 13.7. The Balaban J connectivity index is 2.11. The Morgan fingerprint density at radius 2 is 1.88 bits per heavy atom. The Morgan fingerprint density at radius 3 is 2.58 bits per heavy atom. The van der Waals surface area contributed by atoms with E-state index in [0.29, 0.717) is 22.0 Å². The highest BCUT2D eigenvalue weighted by molar-refractivity contribution is 6.13. The number of nitro benzene ring substituents is 1. The molecule has 0 atom stereocenters. The normalized spacial score (nSPS) is 11.0. The molecule has 0 saturated heterocycles. The fourth-order valence-electron chi connectivity index (χ4n) is 3.01. The number of carbonyl (C=O) groups is 1. The van der Waals surface area contributed by atoms with Crippen molar-refractivity contribution in [2.45, 2.75) is 0 Å². The molecule has 0 fully saturated rings. The van der Waals surface area contributed by atoms with Crippen molar-refractivity contribution in [1.29, 1.82) is 0 Å². The largest absolute Gasteiger partial charge is 0.464 e. The first-order valence-corrected chi connectivity index (χ1v) is 7.83. The van der Waals surface area contributed by atoms with Gasteiger partial charge in [-0.25, -0.2) is 9.78 Å². The van der Waals surface area contributed by atoms with Crippen LogP contribution in [0.15, 0.2) is 54.6 Å². The lowest BCUT2D eigenvalue weighted by Gasteiger charge is -2.06. The third-order valence-electron chi connectivity index (χ3n) is 4.23. The molecule has 2 aromatic heterocycles. The van der Waals surface area contributed by atoms with Crippen LogP contribution in [0, 0.1) is 10.1 Å². The van der Waals surface area contributed by atoms with Crippen molar-refractivity contribution in [3.8, 4) is 11.3 Å². The fourth-order valence-corrected chi connectivity index (χ4v) is 3.01. The molecule has 0 aliphatic heterocycles. The Labute approximate surface area is 147 Å². The molecule has 0 spiro atoms. The van der Waals surface area contributed by atoms with Gasteiger partial charge in [0.15, 0.2) is 0 Å². The van der Waals surface area contributed by atoms with Crippen LogP contribution >= 0.6 is 0 Å². The summed E-state index contributed by atoms with van der Waals surface area (Å²) in [5, 5.41) is 12.5. The highest BCUT2D eigenvalue weighted by Gasteiger charge is 2.18. The van der Waals surface area contributed by atoms with Crippen molar-refractivity contribution in [2.24, 2.45) is 0 Å². The van der Waals surface area contributed by atoms with Gasteiger partial charge in [-0.1, -0.05) is 30.3 Å². The quantitative estimate of drug-likeness (QED) is 0.342. The van der Waals surface area contributed by atoms with Gasteiger partial charge in [-0.2, -0.15) is 0 Å². The summed E-state index contributed by atoms with van der Waals surface area (Å²) in [6.07, 6.45) is 0. The maximum Gasteiger partial charge on any atom is 0.356 e. The first-order valence-electron chi connectivity index (χ1n) is 7.83. The van der Waals surface area contributed by atoms with Crippen LogP contribution in [-0.2, 0) is 4.74 Å². The minimum atomic E-state index is -0.566. The van der Waals surface area contributed by atoms with Crippen LogP contribution in [-0.4, -0.2) is 28.0 Å². The number of ether oxygens (including phenoxy) is 1.